The molecule has 0 bridgehead atoms. The van der Waals surface area contributed by atoms with Crippen molar-refractivity contribution < 1.29 is 17.9 Å². The number of halogens is 1. The summed E-state index contributed by atoms with van der Waals surface area (Å²) in [5.74, 6) is 0.452. The van der Waals surface area contributed by atoms with Crippen molar-refractivity contribution in [1.82, 2.24) is 4.72 Å². The lowest BCUT2D eigenvalue weighted by Crippen LogP contribution is -2.29. The van der Waals surface area contributed by atoms with Gasteiger partial charge in [0.2, 0.25) is 15.9 Å². The lowest BCUT2D eigenvalue weighted by molar-refractivity contribution is -0.116. The van der Waals surface area contributed by atoms with E-state index in [1.165, 1.54) is 17.7 Å². The number of aryl methyl sites for hydroxylation is 2. The molecule has 0 spiro atoms. The quantitative estimate of drug-likeness (QED) is 0.569. The molecule has 0 aromatic heterocycles. The Balaban J connectivity index is 0.00000392. The first kappa shape index (κ1) is 23.9. The third-order valence-electron chi connectivity index (χ3n) is 3.94. The van der Waals surface area contributed by atoms with Gasteiger partial charge in [0.1, 0.15) is 5.75 Å². The van der Waals surface area contributed by atoms with E-state index in [2.05, 4.69) is 10.0 Å². The highest BCUT2D eigenvalue weighted by Gasteiger charge is 2.14. The summed E-state index contributed by atoms with van der Waals surface area (Å²) in [6, 6.07) is 11.8. The van der Waals surface area contributed by atoms with Gasteiger partial charge < -0.3 is 15.8 Å². The maximum Gasteiger partial charge on any atom is 0.240 e. The van der Waals surface area contributed by atoms with Gasteiger partial charge in [0.25, 0.3) is 0 Å². The summed E-state index contributed by atoms with van der Waals surface area (Å²) < 4.78 is 32.2. The van der Waals surface area contributed by atoms with Crippen molar-refractivity contribution in [2.45, 2.75) is 25.2 Å². The number of nitrogens with two attached hydrogens (primary N) is 1. The summed E-state index contributed by atoms with van der Waals surface area (Å²) in [4.78, 5) is 12.2. The first-order valence-electron chi connectivity index (χ1n) is 8.61. The molecule has 2 aromatic carbocycles. The molecule has 0 unspecified atom stereocenters. The van der Waals surface area contributed by atoms with Crippen LogP contribution in [0.15, 0.2) is 47.4 Å². The molecule has 0 aliphatic heterocycles. The number of hydrogen-bond acceptors (Lipinski definition) is 5. The number of ether oxygens (including phenoxy) is 1. The largest absolute Gasteiger partial charge is 0.493 e. The van der Waals surface area contributed by atoms with Gasteiger partial charge in [-0.05, 0) is 55.3 Å². The molecular weight excluding hydrogens is 402 g/mol. The van der Waals surface area contributed by atoms with Gasteiger partial charge in [-0.15, -0.1) is 12.4 Å². The molecule has 0 aliphatic rings. The maximum absolute atomic E-state index is 12.1. The highest BCUT2D eigenvalue weighted by atomic mass is 35.5. The van der Waals surface area contributed by atoms with Crippen molar-refractivity contribution in [2.24, 2.45) is 5.73 Å². The molecule has 1 amide bonds. The summed E-state index contributed by atoms with van der Waals surface area (Å²) >= 11 is 0. The molecule has 0 aliphatic carbocycles. The van der Waals surface area contributed by atoms with Gasteiger partial charge in [-0.3, -0.25) is 4.79 Å². The number of hydrogen-bond donors (Lipinski definition) is 3. The van der Waals surface area contributed by atoms with E-state index in [1.54, 1.807) is 12.1 Å². The van der Waals surface area contributed by atoms with Crippen LogP contribution in [0.4, 0.5) is 5.69 Å². The number of amides is 1. The smallest absolute Gasteiger partial charge is 0.240 e. The van der Waals surface area contributed by atoms with E-state index in [0.29, 0.717) is 11.4 Å². The number of benzene rings is 2. The first-order valence-corrected chi connectivity index (χ1v) is 10.1. The molecular formula is C19H26ClN3O4S. The molecule has 0 heterocycles. The van der Waals surface area contributed by atoms with Gasteiger partial charge >= 0.3 is 0 Å². The molecule has 2 rings (SSSR count). The van der Waals surface area contributed by atoms with Crippen LogP contribution < -0.4 is 20.5 Å². The third kappa shape index (κ3) is 7.12. The molecule has 7 nitrogen and oxygen atoms in total. The van der Waals surface area contributed by atoms with Gasteiger partial charge in [-0.2, -0.15) is 0 Å². The van der Waals surface area contributed by atoms with E-state index < -0.39 is 10.0 Å². The van der Waals surface area contributed by atoms with Crippen LogP contribution in [0.5, 0.6) is 5.75 Å². The molecule has 154 valence electrons. The van der Waals surface area contributed by atoms with Crippen LogP contribution in [0.3, 0.4) is 0 Å². The Morgan fingerprint density at radius 2 is 1.86 bits per heavy atom. The normalized spacial score (nSPS) is 10.8. The number of nitrogens with one attached hydrogen (secondary N) is 2. The standard InChI is InChI=1S/C19H25N3O4S.ClH/c1-14-6-7-17(12-15(14)2)26-11-8-19(23)22-16-4-3-5-18(13-16)27(24,25)21-10-9-20;/h3-7,12-13,21H,8-11,20H2,1-2H3,(H,22,23);1H. The second kappa shape index (κ2) is 11.0. The number of sulfonamides is 1. The Labute approximate surface area is 172 Å². The van der Waals surface area contributed by atoms with E-state index in [0.717, 1.165) is 5.56 Å². The van der Waals surface area contributed by atoms with Crippen molar-refractivity contribution in [1.29, 1.82) is 0 Å². The minimum atomic E-state index is -3.65. The summed E-state index contributed by atoms with van der Waals surface area (Å²) in [5.41, 5.74) is 8.02. The van der Waals surface area contributed by atoms with Crippen molar-refractivity contribution in [3.63, 3.8) is 0 Å². The zero-order valence-corrected chi connectivity index (χ0v) is 17.5. The van der Waals surface area contributed by atoms with Gasteiger partial charge in [0.15, 0.2) is 0 Å². The average molecular weight is 428 g/mol. The van der Waals surface area contributed by atoms with E-state index >= 15 is 0 Å². The number of carbonyl (C=O) groups excluding carboxylic acids is 1. The van der Waals surface area contributed by atoms with Crippen LogP contribution >= 0.6 is 12.4 Å². The summed E-state index contributed by atoms with van der Waals surface area (Å²) in [5, 5.41) is 2.68. The molecule has 28 heavy (non-hydrogen) atoms. The zero-order chi connectivity index (χ0) is 19.9. The van der Waals surface area contributed by atoms with Crippen LogP contribution in [0.2, 0.25) is 0 Å². The minimum Gasteiger partial charge on any atom is -0.493 e. The Bertz CT molecular complexity index is 904. The Kier molecular flexibility index (Phi) is 9.40. The van der Waals surface area contributed by atoms with Crippen LogP contribution in [0.25, 0.3) is 0 Å². The third-order valence-corrected chi connectivity index (χ3v) is 5.40. The van der Waals surface area contributed by atoms with E-state index in [4.69, 9.17) is 10.5 Å². The van der Waals surface area contributed by atoms with Crippen molar-refractivity contribution in [3.8, 4) is 5.75 Å². The van der Waals surface area contributed by atoms with Gasteiger partial charge in [0, 0.05) is 18.8 Å². The first-order chi connectivity index (χ1) is 12.8. The summed E-state index contributed by atoms with van der Waals surface area (Å²) in [7, 11) is -3.65. The van der Waals surface area contributed by atoms with E-state index in [-0.39, 0.29) is 49.3 Å². The lowest BCUT2D eigenvalue weighted by atomic mass is 10.1. The Morgan fingerprint density at radius 3 is 2.54 bits per heavy atom. The summed E-state index contributed by atoms with van der Waals surface area (Å²) in [6.07, 6.45) is 0.148. The van der Waals surface area contributed by atoms with Crippen molar-refractivity contribution in [3.05, 3.63) is 53.6 Å². The van der Waals surface area contributed by atoms with Crippen LogP contribution in [0.1, 0.15) is 17.5 Å². The Hall–Kier alpha value is -2.13. The van der Waals surface area contributed by atoms with Crippen LogP contribution in [-0.2, 0) is 14.8 Å². The highest BCUT2D eigenvalue weighted by Crippen LogP contribution is 2.17. The van der Waals surface area contributed by atoms with Crippen LogP contribution in [-0.4, -0.2) is 34.0 Å². The van der Waals surface area contributed by atoms with Crippen molar-refractivity contribution in [2.75, 3.05) is 25.0 Å². The van der Waals surface area contributed by atoms with Gasteiger partial charge in [0.05, 0.1) is 17.9 Å². The molecule has 9 heteroatoms. The van der Waals surface area contributed by atoms with E-state index in [9.17, 15) is 13.2 Å². The minimum absolute atomic E-state index is 0. The van der Waals surface area contributed by atoms with E-state index in [1.807, 2.05) is 32.0 Å². The molecule has 0 saturated heterocycles. The molecule has 0 fully saturated rings. The lowest BCUT2D eigenvalue weighted by Gasteiger charge is -2.10. The number of rotatable bonds is 9. The topological polar surface area (TPSA) is 111 Å². The fourth-order valence-corrected chi connectivity index (χ4v) is 3.40. The fraction of sp³-hybridized carbons (Fsp3) is 0.316. The monoisotopic (exact) mass is 427 g/mol. The Morgan fingerprint density at radius 1 is 1.11 bits per heavy atom. The second-order valence-electron chi connectivity index (χ2n) is 6.11. The molecule has 0 saturated carbocycles. The number of carbonyl (C=O) groups is 1. The predicted octanol–water partition coefficient (Wildman–Crippen LogP) is 2.37. The number of anilines is 1. The van der Waals surface area contributed by atoms with Gasteiger partial charge in [-0.1, -0.05) is 12.1 Å². The summed E-state index contributed by atoms with van der Waals surface area (Å²) in [6.45, 7) is 4.60. The predicted molar refractivity (Wildman–Crippen MR) is 113 cm³/mol. The van der Waals surface area contributed by atoms with Crippen LogP contribution in [0, 0.1) is 13.8 Å². The highest BCUT2D eigenvalue weighted by molar-refractivity contribution is 7.89. The second-order valence-corrected chi connectivity index (χ2v) is 7.87. The SMILES string of the molecule is Cc1ccc(OCCC(=O)Nc2cccc(S(=O)(=O)NCCN)c2)cc1C.Cl. The van der Waals surface area contributed by atoms with Crippen molar-refractivity contribution >= 4 is 34.0 Å². The van der Waals surface area contributed by atoms with Gasteiger partial charge in [-0.25, -0.2) is 13.1 Å². The molecule has 0 radical (unpaired) electrons. The maximum atomic E-state index is 12.1. The fourth-order valence-electron chi connectivity index (χ4n) is 2.31. The average Bonchev–Trinajstić information content (AvgIpc) is 2.63. The molecule has 0 atom stereocenters. The molecule has 2 aromatic rings. The zero-order valence-electron chi connectivity index (χ0n) is 15.9. The molecule has 4 N–H and O–H groups in total.